The van der Waals surface area contributed by atoms with Crippen molar-refractivity contribution in [2.45, 2.75) is 39.0 Å². The first-order valence-electron chi connectivity index (χ1n) is 8.97. The fourth-order valence-corrected chi connectivity index (χ4v) is 4.63. The summed E-state index contributed by atoms with van der Waals surface area (Å²) in [4.78, 5) is 26.2. The first-order chi connectivity index (χ1) is 12.4. The first-order valence-corrected chi connectivity index (χ1v) is 8.97. The Balaban J connectivity index is 1.95. The maximum absolute atomic E-state index is 12.5. The molecular formula is C21H23N3O2. The van der Waals surface area contributed by atoms with Gasteiger partial charge in [0.2, 0.25) is 5.88 Å². The number of hydrogen-bond donors (Lipinski definition) is 0. The summed E-state index contributed by atoms with van der Waals surface area (Å²) in [5.41, 5.74) is 2.21. The molecule has 0 unspecified atom stereocenters. The van der Waals surface area contributed by atoms with Crippen molar-refractivity contribution in [3.05, 3.63) is 47.9 Å². The van der Waals surface area contributed by atoms with Gasteiger partial charge in [-0.1, -0.05) is 26.8 Å². The Hall–Kier alpha value is -2.56. The zero-order valence-electron chi connectivity index (χ0n) is 15.6. The maximum atomic E-state index is 12.5. The summed E-state index contributed by atoms with van der Waals surface area (Å²) in [6, 6.07) is 3.79. The monoisotopic (exact) mass is 349 g/mol. The smallest absolute Gasteiger partial charge is 0.220 e. The molecule has 0 bridgehead atoms. The average Bonchev–Trinajstić information content (AvgIpc) is 2.65. The minimum Gasteiger partial charge on any atom is -0.481 e. The minimum atomic E-state index is -0.407. The number of ether oxygens (including phenoxy) is 1. The van der Waals surface area contributed by atoms with Crippen molar-refractivity contribution in [3.8, 4) is 17.3 Å². The second-order valence-corrected chi connectivity index (χ2v) is 7.91. The van der Waals surface area contributed by atoms with Gasteiger partial charge >= 0.3 is 0 Å². The molecule has 0 saturated carbocycles. The van der Waals surface area contributed by atoms with Crippen LogP contribution in [0.2, 0.25) is 0 Å². The predicted molar refractivity (Wildman–Crippen MR) is 98.9 cm³/mol. The zero-order valence-corrected chi connectivity index (χ0v) is 15.6. The van der Waals surface area contributed by atoms with Gasteiger partial charge in [0.05, 0.1) is 12.8 Å². The lowest BCUT2D eigenvalue weighted by Gasteiger charge is -2.49. The van der Waals surface area contributed by atoms with Gasteiger partial charge in [-0.2, -0.15) is 4.98 Å². The Labute approximate surface area is 153 Å². The molecule has 0 radical (unpaired) electrons. The standard InChI is InChI=1S/C21H23N3O2/c1-20(2)15-6-5-14-17(21(15,3)10-7-16(20)25)23-18(24-19(14)26-4)13-8-11-22-12-9-13/h7-12,15H,5-6H2,1-4H3/t15-,21-/m1/s1. The van der Waals surface area contributed by atoms with Crippen molar-refractivity contribution >= 4 is 5.78 Å². The fraction of sp³-hybridized carbons (Fsp3) is 0.429. The number of aromatic nitrogens is 3. The predicted octanol–water partition coefficient (Wildman–Crippen LogP) is 3.53. The Kier molecular flexibility index (Phi) is 3.72. The molecule has 2 aliphatic rings. The van der Waals surface area contributed by atoms with Crippen LogP contribution in [0.25, 0.3) is 11.4 Å². The zero-order chi connectivity index (χ0) is 18.5. The summed E-state index contributed by atoms with van der Waals surface area (Å²) in [5, 5.41) is 0. The van der Waals surface area contributed by atoms with Gasteiger partial charge in [0.15, 0.2) is 11.6 Å². The Morgan fingerprint density at radius 2 is 1.88 bits per heavy atom. The molecule has 2 aliphatic carbocycles. The summed E-state index contributed by atoms with van der Waals surface area (Å²) in [6.45, 7) is 6.28. The lowest BCUT2D eigenvalue weighted by Crippen LogP contribution is -2.50. The minimum absolute atomic E-state index is 0.193. The quantitative estimate of drug-likeness (QED) is 0.830. The van der Waals surface area contributed by atoms with Crippen LogP contribution in [0.5, 0.6) is 5.88 Å². The molecule has 4 rings (SSSR count). The second kappa shape index (κ2) is 5.73. The topological polar surface area (TPSA) is 65.0 Å². The van der Waals surface area contributed by atoms with Crippen LogP contribution in [0.15, 0.2) is 36.7 Å². The van der Waals surface area contributed by atoms with Crippen molar-refractivity contribution in [3.63, 3.8) is 0 Å². The number of ketones is 1. The van der Waals surface area contributed by atoms with Crippen LogP contribution in [0.4, 0.5) is 0 Å². The number of methoxy groups -OCH3 is 1. The summed E-state index contributed by atoms with van der Waals surface area (Å²) in [7, 11) is 1.65. The molecular weight excluding hydrogens is 326 g/mol. The molecule has 2 aromatic heterocycles. The maximum Gasteiger partial charge on any atom is 0.220 e. The lowest BCUT2D eigenvalue weighted by atomic mass is 9.53. The van der Waals surface area contributed by atoms with E-state index in [9.17, 15) is 4.79 Å². The van der Waals surface area contributed by atoms with Crippen molar-refractivity contribution in [2.24, 2.45) is 11.3 Å². The highest BCUT2D eigenvalue weighted by Gasteiger charge is 2.52. The number of rotatable bonds is 2. The number of hydrogen-bond acceptors (Lipinski definition) is 5. The van der Waals surface area contributed by atoms with E-state index in [-0.39, 0.29) is 17.1 Å². The van der Waals surface area contributed by atoms with E-state index in [2.05, 4.69) is 30.7 Å². The normalized spacial score (nSPS) is 26.2. The van der Waals surface area contributed by atoms with Crippen LogP contribution >= 0.6 is 0 Å². The van der Waals surface area contributed by atoms with Gasteiger partial charge in [-0.25, -0.2) is 4.98 Å². The Morgan fingerprint density at radius 3 is 2.58 bits per heavy atom. The first kappa shape index (κ1) is 16.9. The number of carbonyl (C=O) groups is 1. The highest BCUT2D eigenvalue weighted by Crippen LogP contribution is 2.53. The van der Waals surface area contributed by atoms with E-state index in [1.54, 1.807) is 25.6 Å². The van der Waals surface area contributed by atoms with Gasteiger partial charge in [-0.05, 0) is 37.0 Å². The molecule has 0 aliphatic heterocycles. The highest BCUT2D eigenvalue weighted by molar-refractivity contribution is 5.96. The average molecular weight is 349 g/mol. The van der Waals surface area contributed by atoms with Gasteiger partial charge in [0, 0.05) is 34.4 Å². The summed E-state index contributed by atoms with van der Waals surface area (Å²) in [5.74, 6) is 1.65. The SMILES string of the molecule is COc1nc(-c2ccncc2)nc2c1CC[C@@H]1C(C)(C)C(=O)C=C[C@@]21C. The van der Waals surface area contributed by atoms with Crippen LogP contribution in [-0.2, 0) is 16.6 Å². The van der Waals surface area contributed by atoms with Gasteiger partial charge in [0.25, 0.3) is 0 Å². The van der Waals surface area contributed by atoms with Crippen LogP contribution in [0, 0.1) is 11.3 Å². The van der Waals surface area contributed by atoms with Crippen LogP contribution < -0.4 is 4.74 Å². The Morgan fingerprint density at radius 1 is 1.15 bits per heavy atom. The van der Waals surface area contributed by atoms with Crippen molar-refractivity contribution in [1.29, 1.82) is 0 Å². The molecule has 0 aromatic carbocycles. The second-order valence-electron chi connectivity index (χ2n) is 7.91. The van der Waals surface area contributed by atoms with E-state index < -0.39 is 5.41 Å². The van der Waals surface area contributed by atoms with E-state index >= 15 is 0 Å². The van der Waals surface area contributed by atoms with E-state index in [0.717, 1.165) is 29.7 Å². The van der Waals surface area contributed by atoms with Gasteiger partial charge in [-0.3, -0.25) is 9.78 Å². The third-order valence-corrected chi connectivity index (χ3v) is 6.11. The molecule has 0 saturated heterocycles. The number of pyridine rings is 1. The fourth-order valence-electron chi connectivity index (χ4n) is 4.63. The number of allylic oxidation sites excluding steroid dienone is 2. The molecule has 26 heavy (non-hydrogen) atoms. The molecule has 0 fully saturated rings. The summed E-state index contributed by atoms with van der Waals surface area (Å²) >= 11 is 0. The van der Waals surface area contributed by atoms with E-state index in [1.165, 1.54) is 0 Å². The van der Waals surface area contributed by atoms with Gasteiger partial charge in [0.1, 0.15) is 0 Å². The van der Waals surface area contributed by atoms with Crippen LogP contribution in [-0.4, -0.2) is 27.8 Å². The molecule has 5 nitrogen and oxygen atoms in total. The van der Waals surface area contributed by atoms with Crippen molar-refractivity contribution < 1.29 is 9.53 Å². The molecule has 2 atom stereocenters. The number of fused-ring (bicyclic) bond motifs is 3. The third-order valence-electron chi connectivity index (χ3n) is 6.11. The van der Waals surface area contributed by atoms with Crippen molar-refractivity contribution in [1.82, 2.24) is 15.0 Å². The molecule has 0 amide bonds. The number of nitrogens with zero attached hydrogens (tertiary/aromatic N) is 3. The van der Waals surface area contributed by atoms with E-state index in [1.807, 2.05) is 18.2 Å². The highest BCUT2D eigenvalue weighted by atomic mass is 16.5. The Bertz CT molecular complexity index is 905. The molecule has 2 aromatic rings. The molecule has 5 heteroatoms. The lowest BCUT2D eigenvalue weighted by molar-refractivity contribution is -0.127. The summed E-state index contributed by atoms with van der Waals surface area (Å²) < 4.78 is 5.61. The van der Waals surface area contributed by atoms with Crippen LogP contribution in [0.1, 0.15) is 38.4 Å². The summed E-state index contributed by atoms with van der Waals surface area (Å²) in [6.07, 6.45) is 8.97. The number of carbonyl (C=O) groups excluding carboxylic acids is 1. The van der Waals surface area contributed by atoms with Crippen molar-refractivity contribution in [2.75, 3.05) is 7.11 Å². The molecule has 2 heterocycles. The van der Waals surface area contributed by atoms with Gasteiger partial charge < -0.3 is 4.74 Å². The largest absolute Gasteiger partial charge is 0.481 e. The van der Waals surface area contributed by atoms with Gasteiger partial charge in [-0.15, -0.1) is 0 Å². The molecule has 134 valence electrons. The van der Waals surface area contributed by atoms with E-state index in [0.29, 0.717) is 11.7 Å². The molecule has 0 spiro atoms. The van der Waals surface area contributed by atoms with Crippen LogP contribution in [0.3, 0.4) is 0 Å². The molecule has 0 N–H and O–H groups in total. The van der Waals surface area contributed by atoms with E-state index in [4.69, 9.17) is 9.72 Å². The third kappa shape index (κ3) is 2.30.